The Morgan fingerprint density at radius 3 is 2.81 bits per heavy atom. The zero-order valence-electron chi connectivity index (χ0n) is 12.1. The maximum absolute atomic E-state index is 13.2. The molecule has 2 rings (SSSR count). The minimum absolute atomic E-state index is 0.318. The summed E-state index contributed by atoms with van der Waals surface area (Å²) in [4.78, 5) is 4.17. The van der Waals surface area contributed by atoms with Crippen LogP contribution in [0.1, 0.15) is 19.4 Å². The lowest BCUT2D eigenvalue weighted by molar-refractivity contribution is 0.459. The van der Waals surface area contributed by atoms with Gasteiger partial charge in [-0.2, -0.15) is 0 Å². The Morgan fingerprint density at radius 2 is 2.10 bits per heavy atom. The van der Waals surface area contributed by atoms with Crippen LogP contribution in [-0.4, -0.2) is 11.5 Å². The SMILES string of the molecule is CC(C)CNCc1ccnc(Oc2ccc(F)c(Br)c2)c1. The predicted molar refractivity (Wildman–Crippen MR) is 85.0 cm³/mol. The maximum Gasteiger partial charge on any atom is 0.219 e. The maximum atomic E-state index is 13.2. The largest absolute Gasteiger partial charge is 0.439 e. The van der Waals surface area contributed by atoms with Crippen LogP contribution in [0.2, 0.25) is 0 Å². The van der Waals surface area contributed by atoms with Gasteiger partial charge in [-0.1, -0.05) is 13.8 Å². The molecule has 112 valence electrons. The van der Waals surface area contributed by atoms with Crippen LogP contribution in [0.4, 0.5) is 4.39 Å². The molecule has 0 fully saturated rings. The van der Waals surface area contributed by atoms with Crippen LogP contribution in [0.5, 0.6) is 11.6 Å². The molecule has 0 saturated carbocycles. The van der Waals surface area contributed by atoms with Gasteiger partial charge in [0.2, 0.25) is 5.88 Å². The summed E-state index contributed by atoms with van der Waals surface area (Å²) in [5.74, 6) is 1.33. The number of hydrogen-bond acceptors (Lipinski definition) is 3. The molecule has 0 unspecified atom stereocenters. The van der Waals surface area contributed by atoms with Crippen molar-refractivity contribution in [3.63, 3.8) is 0 Å². The minimum Gasteiger partial charge on any atom is -0.439 e. The third-order valence-corrected chi connectivity index (χ3v) is 3.40. The Balaban J connectivity index is 2.01. The first kappa shape index (κ1) is 15.9. The van der Waals surface area contributed by atoms with Crippen molar-refractivity contribution < 1.29 is 9.13 Å². The first-order valence-corrected chi connectivity index (χ1v) is 7.62. The molecule has 0 bridgehead atoms. The van der Waals surface area contributed by atoms with E-state index in [1.54, 1.807) is 18.3 Å². The van der Waals surface area contributed by atoms with Crippen LogP contribution in [-0.2, 0) is 6.54 Å². The summed E-state index contributed by atoms with van der Waals surface area (Å²) in [5.41, 5.74) is 1.10. The molecular formula is C16H18BrFN2O. The van der Waals surface area contributed by atoms with Gasteiger partial charge in [-0.3, -0.25) is 0 Å². The van der Waals surface area contributed by atoms with E-state index < -0.39 is 0 Å². The average Bonchev–Trinajstić information content (AvgIpc) is 2.43. The molecule has 0 radical (unpaired) electrons. The third-order valence-electron chi connectivity index (χ3n) is 2.79. The second kappa shape index (κ2) is 7.52. The van der Waals surface area contributed by atoms with E-state index in [2.05, 4.69) is 40.1 Å². The molecule has 0 aliphatic carbocycles. The van der Waals surface area contributed by atoms with Gasteiger partial charge in [0.15, 0.2) is 0 Å². The van der Waals surface area contributed by atoms with Crippen LogP contribution in [0.15, 0.2) is 41.0 Å². The van der Waals surface area contributed by atoms with Gasteiger partial charge in [0.05, 0.1) is 4.47 Å². The fourth-order valence-corrected chi connectivity index (χ4v) is 2.14. The van der Waals surface area contributed by atoms with Gasteiger partial charge in [-0.05, 0) is 58.2 Å². The molecule has 0 amide bonds. The fraction of sp³-hybridized carbons (Fsp3) is 0.312. The Hall–Kier alpha value is -1.46. The predicted octanol–water partition coefficient (Wildman–Crippen LogP) is 4.52. The van der Waals surface area contributed by atoms with Crippen LogP contribution in [0.25, 0.3) is 0 Å². The Bertz CT molecular complexity index is 605. The molecule has 21 heavy (non-hydrogen) atoms. The van der Waals surface area contributed by atoms with Gasteiger partial charge < -0.3 is 10.1 Å². The van der Waals surface area contributed by atoms with Gasteiger partial charge in [0.25, 0.3) is 0 Å². The summed E-state index contributed by atoms with van der Waals surface area (Å²) in [6.45, 7) is 6.06. The monoisotopic (exact) mass is 352 g/mol. The van der Waals surface area contributed by atoms with Crippen molar-refractivity contribution in [2.45, 2.75) is 20.4 Å². The molecule has 0 atom stereocenters. The zero-order valence-corrected chi connectivity index (χ0v) is 13.7. The average molecular weight is 353 g/mol. The van der Waals surface area contributed by atoms with E-state index in [9.17, 15) is 4.39 Å². The van der Waals surface area contributed by atoms with E-state index in [4.69, 9.17) is 4.74 Å². The molecule has 5 heteroatoms. The van der Waals surface area contributed by atoms with Crippen molar-refractivity contribution in [3.05, 3.63) is 52.4 Å². The van der Waals surface area contributed by atoms with E-state index >= 15 is 0 Å². The second-order valence-electron chi connectivity index (χ2n) is 5.21. The first-order chi connectivity index (χ1) is 10.0. The number of nitrogens with zero attached hydrogens (tertiary/aromatic N) is 1. The minimum atomic E-state index is -0.318. The fourth-order valence-electron chi connectivity index (χ4n) is 1.78. The quantitative estimate of drug-likeness (QED) is 0.829. The highest BCUT2D eigenvalue weighted by Crippen LogP contribution is 2.25. The number of halogens is 2. The van der Waals surface area contributed by atoms with E-state index in [1.165, 1.54) is 6.07 Å². The van der Waals surface area contributed by atoms with Crippen molar-refractivity contribution in [3.8, 4) is 11.6 Å². The lowest BCUT2D eigenvalue weighted by atomic mass is 10.2. The lowest BCUT2D eigenvalue weighted by Gasteiger charge is -2.09. The molecule has 1 aromatic carbocycles. The van der Waals surface area contributed by atoms with Gasteiger partial charge in [-0.15, -0.1) is 0 Å². The van der Waals surface area contributed by atoms with E-state index in [0.717, 1.165) is 18.7 Å². The Morgan fingerprint density at radius 1 is 1.29 bits per heavy atom. The zero-order chi connectivity index (χ0) is 15.2. The molecule has 0 aliphatic rings. The molecule has 3 nitrogen and oxygen atoms in total. The molecule has 0 spiro atoms. The summed E-state index contributed by atoms with van der Waals surface area (Å²) in [6, 6.07) is 8.34. The van der Waals surface area contributed by atoms with E-state index in [1.807, 2.05) is 12.1 Å². The van der Waals surface area contributed by atoms with Crippen molar-refractivity contribution in [2.24, 2.45) is 5.92 Å². The lowest BCUT2D eigenvalue weighted by Crippen LogP contribution is -2.18. The molecule has 1 aromatic heterocycles. The number of aromatic nitrogens is 1. The van der Waals surface area contributed by atoms with Crippen LogP contribution in [0.3, 0.4) is 0 Å². The number of pyridine rings is 1. The summed E-state index contributed by atoms with van der Waals surface area (Å²) in [7, 11) is 0. The van der Waals surface area contributed by atoms with Crippen molar-refractivity contribution in [1.82, 2.24) is 10.3 Å². The van der Waals surface area contributed by atoms with Gasteiger partial charge in [0, 0.05) is 18.8 Å². The highest BCUT2D eigenvalue weighted by molar-refractivity contribution is 9.10. The Kier molecular flexibility index (Phi) is 5.70. The van der Waals surface area contributed by atoms with Crippen molar-refractivity contribution in [1.29, 1.82) is 0 Å². The summed E-state index contributed by atoms with van der Waals surface area (Å²) in [6.07, 6.45) is 1.71. The normalized spacial score (nSPS) is 10.9. The van der Waals surface area contributed by atoms with Gasteiger partial charge >= 0.3 is 0 Å². The summed E-state index contributed by atoms with van der Waals surface area (Å²) in [5, 5.41) is 3.37. The van der Waals surface area contributed by atoms with Crippen molar-refractivity contribution >= 4 is 15.9 Å². The van der Waals surface area contributed by atoms with Crippen LogP contribution < -0.4 is 10.1 Å². The summed E-state index contributed by atoms with van der Waals surface area (Å²) < 4.78 is 19.2. The molecular weight excluding hydrogens is 335 g/mol. The number of ether oxygens (including phenoxy) is 1. The molecule has 0 aliphatic heterocycles. The number of nitrogens with one attached hydrogen (secondary N) is 1. The molecule has 0 saturated heterocycles. The number of hydrogen-bond donors (Lipinski definition) is 1. The number of rotatable bonds is 6. The van der Waals surface area contributed by atoms with E-state index in [0.29, 0.717) is 22.0 Å². The first-order valence-electron chi connectivity index (χ1n) is 6.83. The van der Waals surface area contributed by atoms with E-state index in [-0.39, 0.29) is 5.82 Å². The van der Waals surface area contributed by atoms with Crippen molar-refractivity contribution in [2.75, 3.05) is 6.54 Å². The van der Waals surface area contributed by atoms with Gasteiger partial charge in [-0.25, -0.2) is 9.37 Å². The summed E-state index contributed by atoms with van der Waals surface area (Å²) >= 11 is 3.14. The molecule has 2 aromatic rings. The highest BCUT2D eigenvalue weighted by atomic mass is 79.9. The smallest absolute Gasteiger partial charge is 0.219 e. The highest BCUT2D eigenvalue weighted by Gasteiger charge is 2.04. The third kappa shape index (κ3) is 5.10. The molecule has 1 heterocycles. The molecule has 1 N–H and O–H groups in total. The topological polar surface area (TPSA) is 34.2 Å². The second-order valence-corrected chi connectivity index (χ2v) is 6.06. The standard InChI is InChI=1S/C16H18BrFN2O/c1-11(2)9-19-10-12-5-6-20-16(7-12)21-13-3-4-15(18)14(17)8-13/h3-8,11,19H,9-10H2,1-2H3. The Labute approximate surface area is 132 Å². The number of benzene rings is 1. The van der Waals surface area contributed by atoms with Gasteiger partial charge in [0.1, 0.15) is 11.6 Å². The van der Waals surface area contributed by atoms with Crippen LogP contribution in [0, 0.1) is 11.7 Å². The van der Waals surface area contributed by atoms with Crippen LogP contribution >= 0.6 is 15.9 Å².